The highest BCUT2D eigenvalue weighted by Gasteiger charge is 2.16. The molecule has 0 aliphatic carbocycles. The molecule has 0 fully saturated rings. The summed E-state index contributed by atoms with van der Waals surface area (Å²) in [6.45, 7) is 0.727. The van der Waals surface area contributed by atoms with Crippen molar-refractivity contribution in [3.05, 3.63) is 29.3 Å². The van der Waals surface area contributed by atoms with Crippen LogP contribution in [0.3, 0.4) is 0 Å². The molecule has 86 valence electrons. The molecule has 4 heteroatoms. The predicted molar refractivity (Wildman–Crippen MR) is 59.2 cm³/mol. The van der Waals surface area contributed by atoms with Crippen LogP contribution in [-0.4, -0.2) is 19.7 Å². The minimum atomic E-state index is -0.332. The third-order valence-electron chi connectivity index (χ3n) is 2.76. The first-order valence-corrected chi connectivity index (χ1v) is 5.28. The highest BCUT2D eigenvalue weighted by atomic mass is 16.5. The zero-order chi connectivity index (χ0) is 11.5. The van der Waals surface area contributed by atoms with Crippen molar-refractivity contribution < 1.29 is 14.3 Å². The Balaban J connectivity index is 2.12. The zero-order valence-electron chi connectivity index (χ0n) is 9.23. The molecule has 0 amide bonds. The summed E-state index contributed by atoms with van der Waals surface area (Å²) in [5, 5.41) is 0. The van der Waals surface area contributed by atoms with Crippen LogP contribution in [0, 0.1) is 0 Å². The lowest BCUT2D eigenvalue weighted by atomic mass is 10.0. The fourth-order valence-corrected chi connectivity index (χ4v) is 1.79. The Bertz CT molecular complexity index is 403. The largest absolute Gasteiger partial charge is 0.493 e. The summed E-state index contributed by atoms with van der Waals surface area (Å²) in [5.41, 5.74) is 8.02. The number of benzene rings is 1. The SMILES string of the molecule is COC(=O)CC(N)c1ccc2c(c1)OCC2. The normalized spacial score (nSPS) is 15.1. The molecular formula is C12H15NO3. The Morgan fingerprint density at radius 3 is 3.19 bits per heavy atom. The summed E-state index contributed by atoms with van der Waals surface area (Å²) in [6, 6.07) is 5.54. The smallest absolute Gasteiger partial charge is 0.307 e. The molecule has 2 N–H and O–H groups in total. The van der Waals surface area contributed by atoms with Crippen LogP contribution >= 0.6 is 0 Å². The number of carbonyl (C=O) groups is 1. The molecule has 1 aliphatic rings. The van der Waals surface area contributed by atoms with E-state index in [9.17, 15) is 4.79 Å². The minimum absolute atomic E-state index is 0.190. The van der Waals surface area contributed by atoms with Gasteiger partial charge in [0.1, 0.15) is 5.75 Å². The molecule has 0 saturated heterocycles. The molecule has 0 bridgehead atoms. The van der Waals surface area contributed by atoms with Crippen molar-refractivity contribution in [3.8, 4) is 5.75 Å². The molecule has 1 atom stereocenters. The minimum Gasteiger partial charge on any atom is -0.493 e. The van der Waals surface area contributed by atoms with Gasteiger partial charge in [-0.3, -0.25) is 4.79 Å². The lowest BCUT2D eigenvalue weighted by Gasteiger charge is -2.11. The summed E-state index contributed by atoms with van der Waals surface area (Å²) in [5.74, 6) is 0.590. The van der Waals surface area contributed by atoms with Crippen LogP contribution in [0.1, 0.15) is 23.6 Å². The fraction of sp³-hybridized carbons (Fsp3) is 0.417. The first-order chi connectivity index (χ1) is 7.70. The van der Waals surface area contributed by atoms with Crippen LogP contribution in [-0.2, 0) is 16.0 Å². The Kier molecular flexibility index (Phi) is 3.10. The van der Waals surface area contributed by atoms with Crippen molar-refractivity contribution in [2.24, 2.45) is 5.73 Å². The van der Waals surface area contributed by atoms with Crippen molar-refractivity contribution >= 4 is 5.97 Å². The van der Waals surface area contributed by atoms with Gasteiger partial charge in [0.2, 0.25) is 0 Å². The average molecular weight is 221 g/mol. The number of nitrogens with two attached hydrogens (primary N) is 1. The monoisotopic (exact) mass is 221 g/mol. The predicted octanol–water partition coefficient (Wildman–Crippen LogP) is 1.18. The molecular weight excluding hydrogens is 206 g/mol. The number of ether oxygens (including phenoxy) is 2. The maximum atomic E-state index is 11.1. The maximum absolute atomic E-state index is 11.1. The van der Waals surface area contributed by atoms with Gasteiger partial charge in [0.25, 0.3) is 0 Å². The van der Waals surface area contributed by atoms with Gasteiger partial charge in [-0.25, -0.2) is 0 Å². The Labute approximate surface area is 94.3 Å². The van der Waals surface area contributed by atoms with Crippen molar-refractivity contribution in [3.63, 3.8) is 0 Å². The van der Waals surface area contributed by atoms with Gasteiger partial charge < -0.3 is 15.2 Å². The van der Waals surface area contributed by atoms with Gasteiger partial charge in [-0.1, -0.05) is 12.1 Å². The summed E-state index contributed by atoms with van der Waals surface area (Å²) in [4.78, 5) is 11.1. The molecule has 0 spiro atoms. The van der Waals surface area contributed by atoms with Gasteiger partial charge in [-0.2, -0.15) is 0 Å². The van der Waals surface area contributed by atoms with E-state index in [0.717, 1.165) is 24.3 Å². The topological polar surface area (TPSA) is 61.5 Å². The van der Waals surface area contributed by atoms with Crippen LogP contribution < -0.4 is 10.5 Å². The Morgan fingerprint density at radius 1 is 1.62 bits per heavy atom. The van der Waals surface area contributed by atoms with Crippen LogP contribution in [0.4, 0.5) is 0 Å². The van der Waals surface area contributed by atoms with Crippen molar-refractivity contribution in [1.29, 1.82) is 0 Å². The first-order valence-electron chi connectivity index (χ1n) is 5.28. The molecule has 2 rings (SSSR count). The van der Waals surface area contributed by atoms with E-state index < -0.39 is 0 Å². The lowest BCUT2D eigenvalue weighted by molar-refractivity contribution is -0.141. The van der Waals surface area contributed by atoms with Gasteiger partial charge in [0.15, 0.2) is 0 Å². The Morgan fingerprint density at radius 2 is 2.44 bits per heavy atom. The molecule has 1 aromatic rings. The summed E-state index contributed by atoms with van der Waals surface area (Å²) < 4.78 is 10.0. The van der Waals surface area contributed by atoms with Gasteiger partial charge in [-0.15, -0.1) is 0 Å². The van der Waals surface area contributed by atoms with E-state index in [1.165, 1.54) is 12.7 Å². The summed E-state index contributed by atoms with van der Waals surface area (Å²) >= 11 is 0. The third kappa shape index (κ3) is 2.17. The van der Waals surface area contributed by atoms with E-state index in [4.69, 9.17) is 10.5 Å². The van der Waals surface area contributed by atoms with E-state index in [1.807, 2.05) is 18.2 Å². The highest BCUT2D eigenvalue weighted by Crippen LogP contribution is 2.28. The number of esters is 1. The molecule has 16 heavy (non-hydrogen) atoms. The van der Waals surface area contributed by atoms with E-state index in [0.29, 0.717) is 0 Å². The van der Waals surface area contributed by atoms with E-state index in [-0.39, 0.29) is 18.4 Å². The zero-order valence-corrected chi connectivity index (χ0v) is 9.23. The first kappa shape index (κ1) is 11.0. The van der Waals surface area contributed by atoms with Gasteiger partial charge in [0, 0.05) is 12.5 Å². The van der Waals surface area contributed by atoms with Crippen LogP contribution in [0.25, 0.3) is 0 Å². The second-order valence-corrected chi connectivity index (χ2v) is 3.85. The second kappa shape index (κ2) is 4.53. The van der Waals surface area contributed by atoms with E-state index >= 15 is 0 Å². The molecule has 1 aliphatic heterocycles. The molecule has 1 aromatic carbocycles. The van der Waals surface area contributed by atoms with Crippen molar-refractivity contribution in [1.82, 2.24) is 0 Å². The van der Waals surface area contributed by atoms with E-state index in [2.05, 4.69) is 4.74 Å². The number of rotatable bonds is 3. The number of methoxy groups -OCH3 is 1. The number of carbonyl (C=O) groups excluding carboxylic acids is 1. The molecule has 4 nitrogen and oxygen atoms in total. The van der Waals surface area contributed by atoms with Gasteiger partial charge in [0.05, 0.1) is 20.1 Å². The standard InChI is InChI=1S/C12H15NO3/c1-15-12(14)7-10(13)9-3-2-8-4-5-16-11(8)6-9/h2-3,6,10H,4-5,7,13H2,1H3. The molecule has 0 aromatic heterocycles. The molecule has 1 heterocycles. The van der Waals surface area contributed by atoms with E-state index in [1.54, 1.807) is 0 Å². The molecule has 0 saturated carbocycles. The number of hydrogen-bond acceptors (Lipinski definition) is 4. The third-order valence-corrected chi connectivity index (χ3v) is 2.76. The lowest BCUT2D eigenvalue weighted by Crippen LogP contribution is -2.16. The number of hydrogen-bond donors (Lipinski definition) is 1. The highest BCUT2D eigenvalue weighted by molar-refractivity contribution is 5.70. The van der Waals surface area contributed by atoms with Crippen LogP contribution in [0.2, 0.25) is 0 Å². The Hall–Kier alpha value is -1.55. The quantitative estimate of drug-likeness (QED) is 0.779. The maximum Gasteiger partial charge on any atom is 0.307 e. The summed E-state index contributed by atoms with van der Waals surface area (Å²) in [6.07, 6.45) is 1.14. The summed E-state index contributed by atoms with van der Waals surface area (Å²) in [7, 11) is 1.36. The van der Waals surface area contributed by atoms with Crippen molar-refractivity contribution in [2.45, 2.75) is 18.9 Å². The van der Waals surface area contributed by atoms with Crippen LogP contribution in [0.15, 0.2) is 18.2 Å². The average Bonchev–Trinajstić information content (AvgIpc) is 2.75. The van der Waals surface area contributed by atoms with Gasteiger partial charge >= 0.3 is 5.97 Å². The second-order valence-electron chi connectivity index (χ2n) is 3.85. The van der Waals surface area contributed by atoms with Crippen LogP contribution in [0.5, 0.6) is 5.75 Å². The number of fused-ring (bicyclic) bond motifs is 1. The van der Waals surface area contributed by atoms with Gasteiger partial charge in [-0.05, 0) is 17.2 Å². The van der Waals surface area contributed by atoms with Crippen molar-refractivity contribution in [2.75, 3.05) is 13.7 Å². The molecule has 0 radical (unpaired) electrons. The molecule has 1 unspecified atom stereocenters. The fourth-order valence-electron chi connectivity index (χ4n) is 1.79.